The first kappa shape index (κ1) is 22.0. The minimum Gasteiger partial charge on any atom is -0.383 e. The highest BCUT2D eigenvalue weighted by Crippen LogP contribution is 2.34. The number of nitrogens with zero attached hydrogens (tertiary/aromatic N) is 2. The fourth-order valence-electron chi connectivity index (χ4n) is 3.80. The van der Waals surface area contributed by atoms with Gasteiger partial charge in [-0.25, -0.2) is 4.98 Å². The van der Waals surface area contributed by atoms with Gasteiger partial charge in [-0.15, -0.1) is 11.3 Å². The molecule has 0 saturated heterocycles. The van der Waals surface area contributed by atoms with Crippen LogP contribution in [-0.4, -0.2) is 34.9 Å². The molecule has 0 unspecified atom stereocenters. The molecule has 6 nitrogen and oxygen atoms in total. The minimum atomic E-state index is -0.0799. The zero-order valence-corrected chi connectivity index (χ0v) is 19.5. The van der Waals surface area contributed by atoms with Crippen LogP contribution in [0.4, 0.5) is 0 Å². The van der Waals surface area contributed by atoms with Crippen LogP contribution < -0.4 is 10.9 Å². The predicted octanol–water partition coefficient (Wildman–Crippen LogP) is 3.70. The van der Waals surface area contributed by atoms with Crippen LogP contribution in [0, 0.1) is 6.92 Å². The zero-order chi connectivity index (χ0) is 21.8. The third-order valence-electron chi connectivity index (χ3n) is 5.50. The zero-order valence-electron chi connectivity index (χ0n) is 17.9. The van der Waals surface area contributed by atoms with Crippen molar-refractivity contribution in [1.82, 2.24) is 14.9 Å². The number of rotatable bonds is 8. The van der Waals surface area contributed by atoms with Crippen molar-refractivity contribution >= 4 is 39.2 Å². The van der Waals surface area contributed by atoms with Gasteiger partial charge in [0, 0.05) is 18.5 Å². The lowest BCUT2D eigenvalue weighted by Gasteiger charge is -2.13. The molecule has 0 atom stereocenters. The molecule has 0 spiro atoms. The van der Waals surface area contributed by atoms with Crippen molar-refractivity contribution in [2.45, 2.75) is 50.9 Å². The van der Waals surface area contributed by atoms with E-state index in [1.165, 1.54) is 34.2 Å². The normalized spacial score (nSPS) is 13.4. The molecule has 0 fully saturated rings. The maximum atomic E-state index is 13.3. The molecule has 1 amide bonds. The Hall–Kier alpha value is -2.16. The number of hydrogen-bond donors (Lipinski definition) is 1. The number of amides is 1. The smallest absolute Gasteiger partial charge is 0.263 e. The van der Waals surface area contributed by atoms with Gasteiger partial charge in [-0.1, -0.05) is 41.6 Å². The Balaban J connectivity index is 1.52. The summed E-state index contributed by atoms with van der Waals surface area (Å²) >= 11 is 2.94. The molecular weight excluding hydrogens is 430 g/mol. The standard InChI is InChI=1S/C23H27N3O3S2/c1-15-7-9-16(10-8-15)13-24-19(27)14-30-23-25-21-20(22(28)26(23)11-12-29-2)17-5-3-4-6-18(17)31-21/h7-10H,3-6,11-14H2,1-2H3,(H,24,27). The Morgan fingerprint density at radius 3 is 2.81 bits per heavy atom. The second kappa shape index (κ2) is 9.97. The number of thioether (sulfide) groups is 1. The summed E-state index contributed by atoms with van der Waals surface area (Å²) in [6.07, 6.45) is 4.26. The molecule has 1 aliphatic carbocycles. The summed E-state index contributed by atoms with van der Waals surface area (Å²) in [4.78, 5) is 32.6. The summed E-state index contributed by atoms with van der Waals surface area (Å²) in [5.74, 6) is 0.130. The van der Waals surface area contributed by atoms with Gasteiger partial charge in [-0.2, -0.15) is 0 Å². The fraction of sp³-hybridized carbons (Fsp3) is 0.435. The Morgan fingerprint density at radius 2 is 2.03 bits per heavy atom. The average molecular weight is 458 g/mol. The summed E-state index contributed by atoms with van der Waals surface area (Å²) in [7, 11) is 1.62. The molecule has 31 heavy (non-hydrogen) atoms. The molecule has 4 rings (SSSR count). The second-order valence-corrected chi connectivity index (χ2v) is 9.81. The molecule has 164 valence electrons. The van der Waals surface area contributed by atoms with Crippen LogP contribution in [0.2, 0.25) is 0 Å². The second-order valence-electron chi connectivity index (χ2n) is 7.79. The van der Waals surface area contributed by atoms with E-state index in [2.05, 4.69) is 5.32 Å². The monoisotopic (exact) mass is 457 g/mol. The van der Waals surface area contributed by atoms with Crippen LogP contribution in [0.3, 0.4) is 0 Å². The molecule has 1 aliphatic rings. The molecule has 0 aliphatic heterocycles. The van der Waals surface area contributed by atoms with Crippen LogP contribution in [-0.2, 0) is 35.5 Å². The van der Waals surface area contributed by atoms with Crippen molar-refractivity contribution in [2.75, 3.05) is 19.5 Å². The van der Waals surface area contributed by atoms with E-state index < -0.39 is 0 Å². The number of nitrogens with one attached hydrogen (secondary N) is 1. The van der Waals surface area contributed by atoms with Crippen LogP contribution in [0.5, 0.6) is 0 Å². The molecule has 2 heterocycles. The van der Waals surface area contributed by atoms with E-state index in [1.807, 2.05) is 31.2 Å². The van der Waals surface area contributed by atoms with Gasteiger partial charge in [0.05, 0.1) is 24.3 Å². The van der Waals surface area contributed by atoms with Crippen molar-refractivity contribution in [1.29, 1.82) is 0 Å². The number of thiophene rings is 1. The first-order valence-electron chi connectivity index (χ1n) is 10.6. The van der Waals surface area contributed by atoms with Gasteiger partial charge in [0.25, 0.3) is 5.56 Å². The van der Waals surface area contributed by atoms with E-state index in [9.17, 15) is 9.59 Å². The van der Waals surface area contributed by atoms with Gasteiger partial charge in [0.2, 0.25) is 5.91 Å². The van der Waals surface area contributed by atoms with Crippen LogP contribution in [0.25, 0.3) is 10.2 Å². The lowest BCUT2D eigenvalue weighted by Crippen LogP contribution is -2.27. The molecule has 3 aromatic rings. The van der Waals surface area contributed by atoms with E-state index in [4.69, 9.17) is 9.72 Å². The quantitative estimate of drug-likeness (QED) is 0.412. The Morgan fingerprint density at radius 1 is 1.26 bits per heavy atom. The number of aryl methyl sites for hydroxylation is 3. The maximum absolute atomic E-state index is 13.3. The lowest BCUT2D eigenvalue weighted by molar-refractivity contribution is -0.118. The van der Waals surface area contributed by atoms with E-state index in [-0.39, 0.29) is 17.2 Å². The fourth-order valence-corrected chi connectivity index (χ4v) is 5.96. The van der Waals surface area contributed by atoms with Crippen LogP contribution >= 0.6 is 23.1 Å². The van der Waals surface area contributed by atoms with Crippen LogP contribution in [0.15, 0.2) is 34.2 Å². The number of aromatic nitrogens is 2. The molecule has 0 saturated carbocycles. The number of carbonyl (C=O) groups excluding carboxylic acids is 1. The highest BCUT2D eigenvalue weighted by Gasteiger charge is 2.22. The van der Waals surface area contributed by atoms with E-state index in [1.54, 1.807) is 23.0 Å². The average Bonchev–Trinajstić information content (AvgIpc) is 3.15. The van der Waals surface area contributed by atoms with Crippen molar-refractivity contribution in [3.63, 3.8) is 0 Å². The van der Waals surface area contributed by atoms with Crippen molar-refractivity contribution in [3.8, 4) is 0 Å². The Bertz CT molecular complexity index is 1140. The molecule has 1 aromatic carbocycles. The maximum Gasteiger partial charge on any atom is 0.263 e. The van der Waals surface area contributed by atoms with E-state index in [0.29, 0.717) is 24.9 Å². The molecule has 1 N–H and O–H groups in total. The van der Waals surface area contributed by atoms with E-state index >= 15 is 0 Å². The Labute approximate surface area is 190 Å². The molecule has 8 heteroatoms. The third-order valence-corrected chi connectivity index (χ3v) is 7.66. The molecular formula is C23H27N3O3S2. The summed E-state index contributed by atoms with van der Waals surface area (Å²) in [5.41, 5.74) is 3.42. The van der Waals surface area contributed by atoms with Gasteiger partial charge in [0.1, 0.15) is 4.83 Å². The first-order valence-corrected chi connectivity index (χ1v) is 12.4. The van der Waals surface area contributed by atoms with Gasteiger partial charge in [-0.3, -0.25) is 14.2 Å². The van der Waals surface area contributed by atoms with Gasteiger partial charge in [0.15, 0.2) is 5.16 Å². The van der Waals surface area contributed by atoms with Gasteiger partial charge >= 0.3 is 0 Å². The molecule has 0 bridgehead atoms. The van der Waals surface area contributed by atoms with E-state index in [0.717, 1.165) is 35.0 Å². The molecule has 0 radical (unpaired) electrons. The summed E-state index contributed by atoms with van der Waals surface area (Å²) in [5, 5.41) is 4.30. The van der Waals surface area contributed by atoms with Crippen molar-refractivity contribution < 1.29 is 9.53 Å². The predicted molar refractivity (Wildman–Crippen MR) is 126 cm³/mol. The highest BCUT2D eigenvalue weighted by atomic mass is 32.2. The SMILES string of the molecule is COCCn1c(SCC(=O)NCc2ccc(C)cc2)nc2sc3c(c2c1=O)CCCC3. The minimum absolute atomic E-state index is 0.0102. The highest BCUT2D eigenvalue weighted by molar-refractivity contribution is 7.99. The third kappa shape index (κ3) is 5.02. The number of carbonyl (C=O) groups is 1. The number of methoxy groups -OCH3 is 1. The van der Waals surface area contributed by atoms with Gasteiger partial charge < -0.3 is 10.1 Å². The number of benzene rings is 1. The summed E-state index contributed by atoms with van der Waals surface area (Å²) in [6, 6.07) is 8.09. The lowest BCUT2D eigenvalue weighted by atomic mass is 9.97. The topological polar surface area (TPSA) is 73.2 Å². The number of fused-ring (bicyclic) bond motifs is 3. The molecule has 2 aromatic heterocycles. The number of ether oxygens (including phenoxy) is 1. The Kier molecular flexibility index (Phi) is 7.09. The van der Waals surface area contributed by atoms with Crippen LogP contribution in [0.1, 0.15) is 34.4 Å². The van der Waals surface area contributed by atoms with Gasteiger partial charge in [-0.05, 0) is 43.7 Å². The summed E-state index contributed by atoms with van der Waals surface area (Å²) in [6.45, 7) is 3.37. The van der Waals surface area contributed by atoms with Crippen molar-refractivity contribution in [3.05, 3.63) is 56.2 Å². The summed E-state index contributed by atoms with van der Waals surface area (Å²) < 4.78 is 6.88. The largest absolute Gasteiger partial charge is 0.383 e. The van der Waals surface area contributed by atoms with Crippen molar-refractivity contribution in [2.24, 2.45) is 0 Å². The number of hydrogen-bond acceptors (Lipinski definition) is 6. The first-order chi connectivity index (χ1) is 15.1.